The lowest BCUT2D eigenvalue weighted by atomic mass is 10.3. The molecule has 120 valence electrons. The highest BCUT2D eigenvalue weighted by Gasteiger charge is 2.31. The van der Waals surface area contributed by atoms with Crippen LogP contribution in [0.1, 0.15) is 25.8 Å². The van der Waals surface area contributed by atoms with E-state index in [1.54, 1.807) is 18.5 Å². The van der Waals surface area contributed by atoms with E-state index in [0.29, 0.717) is 12.6 Å². The van der Waals surface area contributed by atoms with Crippen LogP contribution in [0.4, 0.5) is 0 Å². The number of pyridine rings is 1. The van der Waals surface area contributed by atoms with Crippen molar-refractivity contribution >= 4 is 17.7 Å². The fourth-order valence-electron chi connectivity index (χ4n) is 2.24. The highest BCUT2D eigenvalue weighted by molar-refractivity contribution is 8.00. The predicted octanol–water partition coefficient (Wildman–Crippen LogP) is 2.46. The molecule has 0 saturated heterocycles. The Kier molecular flexibility index (Phi) is 4.76. The van der Waals surface area contributed by atoms with E-state index in [1.807, 2.05) is 19.1 Å². The van der Waals surface area contributed by atoms with Crippen molar-refractivity contribution in [2.24, 2.45) is 0 Å². The van der Waals surface area contributed by atoms with Gasteiger partial charge in [0.2, 0.25) is 5.91 Å². The van der Waals surface area contributed by atoms with E-state index in [2.05, 4.69) is 31.6 Å². The van der Waals surface area contributed by atoms with Crippen molar-refractivity contribution in [3.63, 3.8) is 0 Å². The largest absolute Gasteiger partial charge is 0.352 e. The van der Waals surface area contributed by atoms with Gasteiger partial charge in [0.05, 0.1) is 5.25 Å². The van der Waals surface area contributed by atoms with Gasteiger partial charge >= 0.3 is 0 Å². The second-order valence-corrected chi connectivity index (χ2v) is 6.75. The molecule has 1 atom stereocenters. The van der Waals surface area contributed by atoms with Crippen LogP contribution >= 0.6 is 11.8 Å². The Bertz CT molecular complexity index is 696. The summed E-state index contributed by atoms with van der Waals surface area (Å²) in [5.74, 6) is 0.796. The third-order valence-corrected chi connectivity index (χ3v) is 4.63. The average molecular weight is 329 g/mol. The minimum absolute atomic E-state index is 0.0248. The lowest BCUT2D eigenvalue weighted by molar-refractivity contribution is -0.120. The van der Waals surface area contributed by atoms with Crippen LogP contribution < -0.4 is 5.32 Å². The lowest BCUT2D eigenvalue weighted by Crippen LogP contribution is -2.31. The molecule has 23 heavy (non-hydrogen) atoms. The standard InChI is InChI=1S/C16H19N5OS/c1-3-8-18-15(22)11(2)23-16-20-19-14(21(16)13-6-7-13)12-5-4-9-17-10-12/h3-5,9-11,13H,1,6-8H2,2H3,(H,18,22). The molecule has 0 aliphatic heterocycles. The number of nitrogens with one attached hydrogen (secondary N) is 1. The Labute approximate surface area is 139 Å². The fraction of sp³-hybridized carbons (Fsp3) is 0.375. The SMILES string of the molecule is C=CCNC(=O)C(C)Sc1nnc(-c2cccnc2)n1C1CC1. The van der Waals surface area contributed by atoms with Crippen molar-refractivity contribution in [2.45, 2.75) is 36.2 Å². The molecule has 0 bridgehead atoms. The number of hydrogen-bond donors (Lipinski definition) is 1. The van der Waals surface area contributed by atoms with E-state index in [-0.39, 0.29) is 11.2 Å². The van der Waals surface area contributed by atoms with E-state index >= 15 is 0 Å². The van der Waals surface area contributed by atoms with Gasteiger partial charge in [-0.1, -0.05) is 17.8 Å². The quantitative estimate of drug-likeness (QED) is 0.624. The summed E-state index contributed by atoms with van der Waals surface area (Å²) in [6.07, 6.45) is 7.44. The second kappa shape index (κ2) is 6.95. The van der Waals surface area contributed by atoms with Gasteiger partial charge in [0.25, 0.3) is 0 Å². The van der Waals surface area contributed by atoms with Crippen LogP contribution in [0.15, 0.2) is 42.3 Å². The van der Waals surface area contributed by atoms with Crippen LogP contribution in [-0.2, 0) is 4.79 Å². The zero-order chi connectivity index (χ0) is 16.2. The molecule has 1 aliphatic rings. The summed E-state index contributed by atoms with van der Waals surface area (Å²) in [6.45, 7) is 5.95. The van der Waals surface area contributed by atoms with Crippen LogP contribution in [0.2, 0.25) is 0 Å². The molecule has 6 nitrogen and oxygen atoms in total. The molecule has 2 heterocycles. The molecule has 1 saturated carbocycles. The molecule has 0 spiro atoms. The highest BCUT2D eigenvalue weighted by atomic mass is 32.2. The number of carbonyl (C=O) groups is 1. The van der Waals surface area contributed by atoms with Crippen LogP contribution in [0, 0.1) is 0 Å². The topological polar surface area (TPSA) is 72.7 Å². The number of amides is 1. The van der Waals surface area contributed by atoms with Crippen molar-refractivity contribution in [1.29, 1.82) is 0 Å². The molecule has 3 rings (SSSR count). The average Bonchev–Trinajstić information content (AvgIpc) is 3.34. The number of thioether (sulfide) groups is 1. The number of hydrogen-bond acceptors (Lipinski definition) is 5. The number of rotatable bonds is 7. The molecule has 0 radical (unpaired) electrons. The van der Waals surface area contributed by atoms with Crippen molar-refractivity contribution in [3.05, 3.63) is 37.2 Å². The van der Waals surface area contributed by atoms with Gasteiger partial charge < -0.3 is 5.32 Å². The van der Waals surface area contributed by atoms with Crippen molar-refractivity contribution < 1.29 is 4.79 Å². The number of carbonyl (C=O) groups excluding carboxylic acids is 1. The summed E-state index contributed by atoms with van der Waals surface area (Å²) in [5, 5.41) is 12.0. The molecule has 2 aromatic heterocycles. The van der Waals surface area contributed by atoms with Crippen LogP contribution in [-0.4, -0.2) is 37.5 Å². The Morgan fingerprint density at radius 3 is 3.04 bits per heavy atom. The highest BCUT2D eigenvalue weighted by Crippen LogP contribution is 2.41. The van der Waals surface area contributed by atoms with E-state index in [1.165, 1.54) is 11.8 Å². The van der Waals surface area contributed by atoms with Gasteiger partial charge in [-0.25, -0.2) is 0 Å². The third kappa shape index (κ3) is 3.61. The maximum atomic E-state index is 12.0. The van der Waals surface area contributed by atoms with Crippen LogP contribution in [0.3, 0.4) is 0 Å². The molecule has 1 unspecified atom stereocenters. The van der Waals surface area contributed by atoms with E-state index in [0.717, 1.165) is 29.4 Å². The first-order chi connectivity index (χ1) is 11.2. The molecule has 1 fully saturated rings. The minimum Gasteiger partial charge on any atom is -0.352 e. The second-order valence-electron chi connectivity index (χ2n) is 5.44. The lowest BCUT2D eigenvalue weighted by Gasteiger charge is -2.12. The summed E-state index contributed by atoms with van der Waals surface area (Å²) < 4.78 is 2.14. The van der Waals surface area contributed by atoms with Gasteiger partial charge in [0.15, 0.2) is 11.0 Å². The van der Waals surface area contributed by atoms with Gasteiger partial charge in [-0.15, -0.1) is 16.8 Å². The summed E-state index contributed by atoms with van der Waals surface area (Å²) in [7, 11) is 0. The number of nitrogens with zero attached hydrogens (tertiary/aromatic N) is 4. The summed E-state index contributed by atoms with van der Waals surface area (Å²) in [6, 6.07) is 4.29. The summed E-state index contributed by atoms with van der Waals surface area (Å²) in [4.78, 5) is 16.2. The molecule has 2 aromatic rings. The maximum absolute atomic E-state index is 12.0. The molecular weight excluding hydrogens is 310 g/mol. The van der Waals surface area contributed by atoms with Gasteiger partial charge in [0.1, 0.15) is 0 Å². The van der Waals surface area contributed by atoms with Gasteiger partial charge in [-0.05, 0) is 31.9 Å². The van der Waals surface area contributed by atoms with E-state index in [4.69, 9.17) is 0 Å². The summed E-state index contributed by atoms with van der Waals surface area (Å²) in [5.41, 5.74) is 0.947. The van der Waals surface area contributed by atoms with Gasteiger partial charge in [-0.2, -0.15) is 0 Å². The molecular formula is C16H19N5OS. The molecule has 0 aromatic carbocycles. The first kappa shape index (κ1) is 15.7. The molecule has 1 aliphatic carbocycles. The number of aromatic nitrogens is 4. The Balaban J connectivity index is 1.82. The van der Waals surface area contributed by atoms with Crippen LogP contribution in [0.25, 0.3) is 11.4 Å². The zero-order valence-corrected chi connectivity index (χ0v) is 13.8. The van der Waals surface area contributed by atoms with Crippen molar-refractivity contribution in [1.82, 2.24) is 25.1 Å². The zero-order valence-electron chi connectivity index (χ0n) is 13.0. The Morgan fingerprint density at radius 1 is 1.57 bits per heavy atom. The summed E-state index contributed by atoms with van der Waals surface area (Å²) >= 11 is 1.44. The van der Waals surface area contributed by atoms with Crippen LogP contribution in [0.5, 0.6) is 0 Å². The normalized spacial score (nSPS) is 15.2. The molecule has 1 N–H and O–H groups in total. The smallest absolute Gasteiger partial charge is 0.233 e. The first-order valence-electron chi connectivity index (χ1n) is 7.61. The van der Waals surface area contributed by atoms with Crippen molar-refractivity contribution in [2.75, 3.05) is 6.54 Å². The predicted molar refractivity (Wildman–Crippen MR) is 90.0 cm³/mol. The van der Waals surface area contributed by atoms with Gasteiger partial charge in [-0.3, -0.25) is 14.3 Å². The molecule has 7 heteroatoms. The Morgan fingerprint density at radius 2 is 2.39 bits per heavy atom. The van der Waals surface area contributed by atoms with E-state index < -0.39 is 0 Å². The van der Waals surface area contributed by atoms with E-state index in [9.17, 15) is 4.79 Å². The first-order valence-corrected chi connectivity index (χ1v) is 8.49. The van der Waals surface area contributed by atoms with Crippen molar-refractivity contribution in [3.8, 4) is 11.4 Å². The fourth-order valence-corrected chi connectivity index (χ4v) is 3.18. The Hall–Kier alpha value is -2.15. The maximum Gasteiger partial charge on any atom is 0.233 e. The third-order valence-electron chi connectivity index (χ3n) is 3.57. The van der Waals surface area contributed by atoms with Gasteiger partial charge in [0, 0.05) is 30.5 Å². The molecule has 1 amide bonds. The monoisotopic (exact) mass is 329 g/mol. The minimum atomic E-state index is -0.238.